The molecule has 1 saturated heterocycles. The van der Waals surface area contributed by atoms with Crippen LogP contribution in [0, 0.1) is 25.1 Å². The van der Waals surface area contributed by atoms with Crippen LogP contribution >= 0.6 is 11.3 Å². The molecule has 3 heterocycles. The van der Waals surface area contributed by atoms with Crippen molar-refractivity contribution in [2.75, 3.05) is 17.7 Å². The number of methoxy groups -OCH3 is 1. The maximum atomic E-state index is 16.0. The molecule has 2 aromatic carbocycles. The number of hydrogen-bond acceptors (Lipinski definition) is 6. The summed E-state index contributed by atoms with van der Waals surface area (Å²) in [6.07, 6.45) is 0.562. The number of fused-ring (bicyclic) bond motifs is 2. The average molecular weight is 564 g/mol. The molecule has 2 amide bonds. The maximum absolute atomic E-state index is 16.0. The minimum Gasteiger partial charge on any atom is -0.465 e. The molecule has 3 aromatic rings. The van der Waals surface area contributed by atoms with Gasteiger partial charge in [-0.05, 0) is 66.1 Å². The van der Waals surface area contributed by atoms with Crippen molar-refractivity contribution in [1.29, 1.82) is 0 Å². The number of halogens is 1. The minimum absolute atomic E-state index is 0.206. The Hall–Kier alpha value is -3.56. The Labute approximate surface area is 237 Å². The van der Waals surface area contributed by atoms with E-state index in [1.165, 1.54) is 7.11 Å². The van der Waals surface area contributed by atoms with Crippen molar-refractivity contribution in [1.82, 2.24) is 5.32 Å². The summed E-state index contributed by atoms with van der Waals surface area (Å²) in [6.45, 7) is 9.89. The molecule has 9 heteroatoms. The van der Waals surface area contributed by atoms with E-state index < -0.39 is 41.1 Å². The van der Waals surface area contributed by atoms with Crippen LogP contribution in [-0.4, -0.2) is 37.0 Å². The van der Waals surface area contributed by atoms with E-state index in [1.54, 1.807) is 37.3 Å². The Bertz CT molecular complexity index is 1510. The van der Waals surface area contributed by atoms with E-state index in [0.717, 1.165) is 22.5 Å². The van der Waals surface area contributed by atoms with Gasteiger partial charge in [0.1, 0.15) is 16.1 Å². The smallest absolute Gasteiger partial charge is 0.348 e. The highest BCUT2D eigenvalue weighted by Crippen LogP contribution is 2.57. The van der Waals surface area contributed by atoms with E-state index in [4.69, 9.17) is 4.74 Å². The molecule has 4 atom stereocenters. The van der Waals surface area contributed by atoms with Gasteiger partial charge in [-0.2, -0.15) is 0 Å². The van der Waals surface area contributed by atoms with Crippen molar-refractivity contribution in [2.24, 2.45) is 5.41 Å². The first-order valence-corrected chi connectivity index (χ1v) is 14.1. The Morgan fingerprint density at radius 3 is 2.58 bits per heavy atom. The van der Waals surface area contributed by atoms with Gasteiger partial charge in [-0.25, -0.2) is 9.18 Å². The van der Waals surface area contributed by atoms with Gasteiger partial charge in [0.2, 0.25) is 11.8 Å². The van der Waals surface area contributed by atoms with E-state index in [9.17, 15) is 14.4 Å². The van der Waals surface area contributed by atoms with E-state index >= 15 is 4.39 Å². The largest absolute Gasteiger partial charge is 0.465 e. The molecule has 1 aromatic heterocycles. The number of ether oxygens (including phenoxy) is 1. The van der Waals surface area contributed by atoms with Crippen LogP contribution in [-0.2, 0) is 19.7 Å². The first-order valence-electron chi connectivity index (χ1n) is 13.3. The molecule has 0 radical (unpaired) electrons. The molecule has 2 aliphatic heterocycles. The van der Waals surface area contributed by atoms with Gasteiger partial charge in [0.25, 0.3) is 0 Å². The van der Waals surface area contributed by atoms with Crippen molar-refractivity contribution in [3.05, 3.63) is 81.5 Å². The molecule has 1 fully saturated rings. The van der Waals surface area contributed by atoms with Gasteiger partial charge in [0.15, 0.2) is 0 Å². The topological polar surface area (TPSA) is 96.5 Å². The number of carbonyl (C=O) groups excluding carboxylic acids is 3. The number of carbonyl (C=O) groups is 3. The highest BCUT2D eigenvalue weighted by Gasteiger charge is 2.66. The normalized spacial score (nSPS) is 23.7. The highest BCUT2D eigenvalue weighted by atomic mass is 32.1. The third-order valence-corrected chi connectivity index (χ3v) is 8.87. The Morgan fingerprint density at radius 2 is 1.88 bits per heavy atom. The second-order valence-corrected chi connectivity index (χ2v) is 13.0. The molecule has 3 N–H and O–H groups in total. The number of anilines is 2. The lowest BCUT2D eigenvalue weighted by Crippen LogP contribution is -2.49. The van der Waals surface area contributed by atoms with E-state index in [1.807, 2.05) is 25.1 Å². The summed E-state index contributed by atoms with van der Waals surface area (Å²) in [6, 6.07) is 12.7. The van der Waals surface area contributed by atoms with Crippen molar-refractivity contribution >= 4 is 39.8 Å². The monoisotopic (exact) mass is 563 g/mol. The quantitative estimate of drug-likeness (QED) is 0.347. The first-order chi connectivity index (χ1) is 18.9. The molecule has 7 nitrogen and oxygen atoms in total. The summed E-state index contributed by atoms with van der Waals surface area (Å²) >= 11 is 1.09. The number of hydrogen-bond donors (Lipinski definition) is 3. The van der Waals surface area contributed by atoms with Crippen LogP contribution in [0.2, 0.25) is 0 Å². The molecule has 0 saturated carbocycles. The van der Waals surface area contributed by atoms with Crippen LogP contribution in [0.5, 0.6) is 0 Å². The number of amides is 2. The van der Waals surface area contributed by atoms with Gasteiger partial charge < -0.3 is 20.7 Å². The minimum atomic E-state index is -1.24. The maximum Gasteiger partial charge on any atom is 0.348 e. The van der Waals surface area contributed by atoms with Crippen molar-refractivity contribution in [3.63, 3.8) is 0 Å². The zero-order chi connectivity index (χ0) is 29.0. The van der Waals surface area contributed by atoms with Gasteiger partial charge in [0.05, 0.1) is 18.2 Å². The predicted octanol–water partition coefficient (Wildman–Crippen LogP) is 5.68. The Kier molecular flexibility index (Phi) is 7.08. The van der Waals surface area contributed by atoms with E-state index in [2.05, 4.69) is 36.7 Å². The Balaban J connectivity index is 1.68. The second kappa shape index (κ2) is 10.1. The molecule has 0 aliphatic carbocycles. The van der Waals surface area contributed by atoms with Crippen molar-refractivity contribution in [2.45, 2.75) is 64.5 Å². The van der Waals surface area contributed by atoms with Crippen molar-refractivity contribution in [3.8, 4) is 0 Å². The Morgan fingerprint density at radius 1 is 1.12 bits per heavy atom. The third-order valence-electron chi connectivity index (χ3n) is 7.89. The molecular formula is C31H34FN3O4S. The fourth-order valence-electron chi connectivity index (χ4n) is 6.26. The van der Waals surface area contributed by atoms with Gasteiger partial charge in [0, 0.05) is 17.6 Å². The fraction of sp³-hybridized carbons (Fsp3) is 0.387. The molecule has 210 valence electrons. The summed E-state index contributed by atoms with van der Waals surface area (Å²) in [4.78, 5) is 40.6. The van der Waals surface area contributed by atoms with Gasteiger partial charge in [-0.1, -0.05) is 51.1 Å². The third kappa shape index (κ3) is 4.61. The number of thiophene rings is 1. The molecule has 2 aliphatic rings. The van der Waals surface area contributed by atoms with Gasteiger partial charge in [-0.3, -0.25) is 9.59 Å². The number of rotatable bonds is 5. The molecule has 5 rings (SSSR count). The summed E-state index contributed by atoms with van der Waals surface area (Å²) in [7, 11) is 1.30. The van der Waals surface area contributed by atoms with Crippen LogP contribution in [0.15, 0.2) is 48.5 Å². The predicted molar refractivity (Wildman–Crippen MR) is 154 cm³/mol. The summed E-state index contributed by atoms with van der Waals surface area (Å²) in [5.74, 6) is -2.43. The second-order valence-electron chi connectivity index (χ2n) is 11.9. The number of esters is 1. The lowest BCUT2D eigenvalue weighted by atomic mass is 9.62. The lowest BCUT2D eigenvalue weighted by Gasteiger charge is -2.37. The average Bonchev–Trinajstić information content (AvgIpc) is 3.55. The summed E-state index contributed by atoms with van der Waals surface area (Å²) in [5, 5.41) is 9.93. The van der Waals surface area contributed by atoms with Crippen molar-refractivity contribution < 1.29 is 23.5 Å². The molecular weight excluding hydrogens is 529 g/mol. The van der Waals surface area contributed by atoms with E-state index in [0.29, 0.717) is 33.1 Å². The van der Waals surface area contributed by atoms with Gasteiger partial charge in [-0.15, -0.1) is 11.3 Å². The van der Waals surface area contributed by atoms with Crippen LogP contribution in [0.4, 0.5) is 15.1 Å². The van der Waals surface area contributed by atoms with E-state index in [-0.39, 0.29) is 11.3 Å². The lowest BCUT2D eigenvalue weighted by molar-refractivity contribution is -0.122. The molecule has 1 spiro atoms. The number of benzene rings is 2. The van der Waals surface area contributed by atoms with Crippen LogP contribution in [0.25, 0.3) is 0 Å². The standard InChI is InChI=1S/C31H34FN3O4S/c1-16-10-11-19-20(14-16)33-29(38)31(19)22(15-30(3,4)5)34-26(24(31)18-9-7-8-17(2)25(18)32)27(36)35-23-13-12-21(40-23)28(37)39-6/h7-14,22,24,26,34H,15H2,1-6H3,(H,33,38)(H,35,36)/t22?,24?,26-,31-/m1/s1. The molecule has 2 unspecified atom stereocenters. The van der Waals surface area contributed by atoms with Crippen LogP contribution in [0.3, 0.4) is 0 Å². The zero-order valence-corrected chi connectivity index (χ0v) is 24.3. The first kappa shape index (κ1) is 28.0. The van der Waals surface area contributed by atoms with Gasteiger partial charge >= 0.3 is 5.97 Å². The van der Waals surface area contributed by atoms with Crippen LogP contribution in [0.1, 0.15) is 65.0 Å². The fourth-order valence-corrected chi connectivity index (χ4v) is 7.09. The molecule has 40 heavy (non-hydrogen) atoms. The highest BCUT2D eigenvalue weighted by molar-refractivity contribution is 7.18. The number of nitrogens with one attached hydrogen (secondary N) is 3. The summed E-state index contributed by atoms with van der Waals surface area (Å²) < 4.78 is 20.8. The molecule has 0 bridgehead atoms. The zero-order valence-electron chi connectivity index (χ0n) is 23.5. The van der Waals surface area contributed by atoms with Crippen LogP contribution < -0.4 is 16.0 Å². The summed E-state index contributed by atoms with van der Waals surface area (Å²) in [5.41, 5.74) is 1.74. The SMILES string of the molecule is COC(=O)c1ccc(NC(=O)[C@@H]2NC(CC(C)(C)C)[C@@]3(C(=O)Nc4cc(C)ccc43)C2c2cccc(C)c2F)s1. The number of aryl methyl sites for hydroxylation is 2.